The fraction of sp³-hybridized carbons (Fsp3) is 0.619. The molecule has 1 unspecified atom stereocenters. The van der Waals surface area contributed by atoms with Crippen molar-refractivity contribution in [1.29, 1.82) is 0 Å². The molecule has 2 N–H and O–H groups in total. The number of ether oxygens (including phenoxy) is 2. The third-order valence-corrected chi connectivity index (χ3v) is 4.86. The number of carbonyl (C=O) groups excluding carboxylic acids is 1. The number of methoxy groups -OCH3 is 2. The standard InChI is InChI=1S/C21H34N4O3.HI/c1-6-22-21(24-9-8-23-20(26)15(2)3)25-10-7-16(14-25)17-11-18(27-4)13-19(12-17)28-5;/h11-13,15-16H,6-10,14H2,1-5H3,(H,22,24)(H,23,26);1H. The summed E-state index contributed by atoms with van der Waals surface area (Å²) in [6.45, 7) is 9.60. The maximum atomic E-state index is 11.7. The summed E-state index contributed by atoms with van der Waals surface area (Å²) in [5.41, 5.74) is 1.22. The second-order valence-corrected chi connectivity index (χ2v) is 7.26. The molecule has 8 heteroatoms. The van der Waals surface area contributed by atoms with Gasteiger partial charge in [0, 0.05) is 44.1 Å². The highest BCUT2D eigenvalue weighted by Crippen LogP contribution is 2.32. The average Bonchev–Trinajstić information content (AvgIpc) is 3.19. The van der Waals surface area contributed by atoms with Crippen molar-refractivity contribution in [2.75, 3.05) is 46.9 Å². The molecule has 1 aromatic carbocycles. The minimum atomic E-state index is -0.00332. The number of carbonyl (C=O) groups is 1. The Morgan fingerprint density at radius 1 is 1.21 bits per heavy atom. The molecule has 7 nitrogen and oxygen atoms in total. The van der Waals surface area contributed by atoms with Crippen molar-refractivity contribution in [3.8, 4) is 11.5 Å². The summed E-state index contributed by atoms with van der Waals surface area (Å²) in [4.78, 5) is 18.6. The Morgan fingerprint density at radius 3 is 2.41 bits per heavy atom. The number of guanidine groups is 1. The number of halogens is 1. The van der Waals surface area contributed by atoms with E-state index in [1.165, 1.54) is 5.56 Å². The summed E-state index contributed by atoms with van der Waals surface area (Å²) < 4.78 is 10.8. The van der Waals surface area contributed by atoms with Crippen LogP contribution in [0.3, 0.4) is 0 Å². The van der Waals surface area contributed by atoms with Gasteiger partial charge in [0.1, 0.15) is 11.5 Å². The monoisotopic (exact) mass is 518 g/mol. The van der Waals surface area contributed by atoms with Crippen molar-refractivity contribution >= 4 is 35.8 Å². The lowest BCUT2D eigenvalue weighted by molar-refractivity contribution is -0.123. The molecule has 0 bridgehead atoms. The predicted molar refractivity (Wildman–Crippen MR) is 128 cm³/mol. The molecule has 1 aliphatic rings. The number of aliphatic imine (C=N–C) groups is 1. The van der Waals surface area contributed by atoms with Gasteiger partial charge >= 0.3 is 0 Å². The van der Waals surface area contributed by atoms with Crippen molar-refractivity contribution in [2.24, 2.45) is 10.9 Å². The zero-order chi connectivity index (χ0) is 20.5. The van der Waals surface area contributed by atoms with Crippen LogP contribution >= 0.6 is 24.0 Å². The van der Waals surface area contributed by atoms with E-state index < -0.39 is 0 Å². The van der Waals surface area contributed by atoms with Crippen LogP contribution < -0.4 is 20.1 Å². The zero-order valence-electron chi connectivity index (χ0n) is 18.2. The van der Waals surface area contributed by atoms with Crippen LogP contribution in [0.15, 0.2) is 23.2 Å². The van der Waals surface area contributed by atoms with E-state index in [-0.39, 0.29) is 35.8 Å². The van der Waals surface area contributed by atoms with Gasteiger partial charge in [0.2, 0.25) is 5.91 Å². The Hall–Kier alpha value is -1.71. The van der Waals surface area contributed by atoms with E-state index in [1.54, 1.807) is 14.2 Å². The summed E-state index contributed by atoms with van der Waals surface area (Å²) in [5.74, 6) is 2.99. The Morgan fingerprint density at radius 2 is 1.86 bits per heavy atom. The highest BCUT2D eigenvalue weighted by molar-refractivity contribution is 14.0. The first-order chi connectivity index (χ1) is 13.5. The summed E-state index contributed by atoms with van der Waals surface area (Å²) in [6, 6.07) is 6.07. The van der Waals surface area contributed by atoms with Gasteiger partial charge in [0.15, 0.2) is 5.96 Å². The van der Waals surface area contributed by atoms with E-state index >= 15 is 0 Å². The molecule has 1 amide bonds. The lowest BCUT2D eigenvalue weighted by atomic mass is 9.98. The average molecular weight is 518 g/mol. The first kappa shape index (κ1) is 25.3. The van der Waals surface area contributed by atoms with E-state index in [1.807, 2.05) is 19.9 Å². The van der Waals surface area contributed by atoms with Crippen LogP contribution in [0.4, 0.5) is 0 Å². The molecular formula is C21H35IN4O3. The topological polar surface area (TPSA) is 75.2 Å². The van der Waals surface area contributed by atoms with E-state index in [9.17, 15) is 4.79 Å². The lowest BCUT2D eigenvalue weighted by Gasteiger charge is -2.22. The van der Waals surface area contributed by atoms with Gasteiger partial charge in [0.25, 0.3) is 0 Å². The van der Waals surface area contributed by atoms with E-state index in [4.69, 9.17) is 9.47 Å². The van der Waals surface area contributed by atoms with E-state index in [2.05, 4.69) is 39.6 Å². The van der Waals surface area contributed by atoms with Gasteiger partial charge in [-0.1, -0.05) is 13.8 Å². The molecule has 1 aromatic rings. The molecule has 0 saturated carbocycles. The molecule has 2 rings (SSSR count). The SMILES string of the molecule is CCNC(=NCCNC(=O)C(C)C)N1CCC(c2cc(OC)cc(OC)c2)C1.I. The molecule has 0 spiro atoms. The smallest absolute Gasteiger partial charge is 0.222 e. The van der Waals surface area contributed by atoms with Crippen LogP contribution in [0.1, 0.15) is 38.7 Å². The normalized spacial score (nSPS) is 16.4. The van der Waals surface area contributed by atoms with Crippen LogP contribution in [0.2, 0.25) is 0 Å². The summed E-state index contributed by atoms with van der Waals surface area (Å²) >= 11 is 0. The number of nitrogens with zero attached hydrogens (tertiary/aromatic N) is 2. The van der Waals surface area contributed by atoms with Crippen molar-refractivity contribution in [3.05, 3.63) is 23.8 Å². The molecule has 0 radical (unpaired) electrons. The maximum absolute atomic E-state index is 11.7. The number of hydrogen-bond donors (Lipinski definition) is 2. The number of likely N-dealkylation sites (tertiary alicyclic amines) is 1. The van der Waals surface area contributed by atoms with Gasteiger partial charge < -0.3 is 25.0 Å². The van der Waals surface area contributed by atoms with Gasteiger partial charge in [0.05, 0.1) is 20.8 Å². The van der Waals surface area contributed by atoms with Crippen LogP contribution in [0.25, 0.3) is 0 Å². The molecule has 0 aliphatic carbocycles. The van der Waals surface area contributed by atoms with Crippen molar-refractivity contribution in [2.45, 2.75) is 33.1 Å². The fourth-order valence-electron chi connectivity index (χ4n) is 3.26. The fourth-order valence-corrected chi connectivity index (χ4v) is 3.26. The third kappa shape index (κ3) is 7.56. The Kier molecular flexibility index (Phi) is 11.2. The van der Waals surface area contributed by atoms with Crippen LogP contribution in [-0.4, -0.2) is 63.7 Å². The Labute approximate surface area is 191 Å². The largest absolute Gasteiger partial charge is 0.497 e. The molecule has 1 aliphatic heterocycles. The first-order valence-corrected chi connectivity index (χ1v) is 10.0. The highest BCUT2D eigenvalue weighted by atomic mass is 127. The van der Waals surface area contributed by atoms with Gasteiger partial charge in [-0.3, -0.25) is 9.79 Å². The summed E-state index contributed by atoms with van der Waals surface area (Å²) in [7, 11) is 3.35. The molecule has 1 saturated heterocycles. The predicted octanol–water partition coefficient (Wildman–Crippen LogP) is 2.85. The molecule has 1 atom stereocenters. The summed E-state index contributed by atoms with van der Waals surface area (Å²) in [5, 5.41) is 6.28. The molecular weight excluding hydrogens is 483 g/mol. The van der Waals surface area contributed by atoms with Crippen LogP contribution in [0.5, 0.6) is 11.5 Å². The minimum absolute atomic E-state index is 0. The lowest BCUT2D eigenvalue weighted by Crippen LogP contribution is -2.40. The van der Waals surface area contributed by atoms with E-state index in [0.717, 1.165) is 43.5 Å². The van der Waals surface area contributed by atoms with Crippen molar-refractivity contribution < 1.29 is 14.3 Å². The molecule has 164 valence electrons. The van der Waals surface area contributed by atoms with Crippen molar-refractivity contribution in [1.82, 2.24) is 15.5 Å². The van der Waals surface area contributed by atoms with Gasteiger partial charge in [-0.2, -0.15) is 0 Å². The van der Waals surface area contributed by atoms with Gasteiger partial charge in [-0.25, -0.2) is 0 Å². The first-order valence-electron chi connectivity index (χ1n) is 10.0. The maximum Gasteiger partial charge on any atom is 0.222 e. The van der Waals surface area contributed by atoms with Crippen molar-refractivity contribution in [3.63, 3.8) is 0 Å². The Bertz CT molecular complexity index is 660. The number of hydrogen-bond acceptors (Lipinski definition) is 4. The highest BCUT2D eigenvalue weighted by Gasteiger charge is 2.27. The second kappa shape index (κ2) is 12.8. The van der Waals surface area contributed by atoms with E-state index in [0.29, 0.717) is 19.0 Å². The van der Waals surface area contributed by atoms with Crippen LogP contribution in [-0.2, 0) is 4.79 Å². The van der Waals surface area contributed by atoms with Gasteiger partial charge in [-0.05, 0) is 31.0 Å². The number of amides is 1. The number of benzene rings is 1. The quantitative estimate of drug-likeness (QED) is 0.240. The molecule has 29 heavy (non-hydrogen) atoms. The van der Waals surface area contributed by atoms with Crippen LogP contribution in [0, 0.1) is 5.92 Å². The molecule has 1 fully saturated rings. The minimum Gasteiger partial charge on any atom is -0.497 e. The third-order valence-electron chi connectivity index (χ3n) is 4.86. The summed E-state index contributed by atoms with van der Waals surface area (Å²) in [6.07, 6.45) is 1.05. The zero-order valence-corrected chi connectivity index (χ0v) is 20.5. The second-order valence-electron chi connectivity index (χ2n) is 7.26. The number of nitrogens with one attached hydrogen (secondary N) is 2. The van der Waals surface area contributed by atoms with Gasteiger partial charge in [-0.15, -0.1) is 24.0 Å². The number of rotatable bonds is 8. The Balaban J connectivity index is 0.00000420. The molecule has 1 heterocycles. The molecule has 0 aromatic heterocycles.